The lowest BCUT2D eigenvalue weighted by atomic mass is 9.92. The second kappa shape index (κ2) is 15.7. The number of aromatic nitrogens is 1. The molecule has 208 valence electrons. The summed E-state index contributed by atoms with van der Waals surface area (Å²) >= 11 is 0. The van der Waals surface area contributed by atoms with E-state index in [1.54, 1.807) is 18.3 Å². The highest BCUT2D eigenvalue weighted by Crippen LogP contribution is 2.24. The summed E-state index contributed by atoms with van der Waals surface area (Å²) in [7, 11) is 2.09. The minimum absolute atomic E-state index is 0.155. The zero-order valence-corrected chi connectivity index (χ0v) is 23.7. The molecule has 2 atom stereocenters. The summed E-state index contributed by atoms with van der Waals surface area (Å²) in [4.78, 5) is 28.6. The number of aryl methyl sites for hydroxylation is 1. The van der Waals surface area contributed by atoms with Gasteiger partial charge in [-0.05, 0) is 57.2 Å². The molecule has 1 amide bonds. The van der Waals surface area contributed by atoms with Crippen molar-refractivity contribution < 1.29 is 9.53 Å². The topological polar surface area (TPSA) is 79.2 Å². The molecular formula is C32H43N5O2. The van der Waals surface area contributed by atoms with Crippen LogP contribution in [-0.2, 0) is 4.74 Å². The number of pyridine rings is 1. The Balaban J connectivity index is 0.000000403. The molecule has 0 radical (unpaired) electrons. The number of nitrogens with zero attached hydrogens (tertiary/aromatic N) is 4. The van der Waals surface area contributed by atoms with Gasteiger partial charge in [-0.2, -0.15) is 0 Å². The first-order chi connectivity index (χ1) is 18.9. The van der Waals surface area contributed by atoms with Crippen LogP contribution in [0.2, 0.25) is 0 Å². The van der Waals surface area contributed by atoms with E-state index in [1.165, 1.54) is 5.57 Å². The summed E-state index contributed by atoms with van der Waals surface area (Å²) in [6, 6.07) is 3.55. The summed E-state index contributed by atoms with van der Waals surface area (Å²) in [5.74, 6) is 2.33. The Bertz CT molecular complexity index is 1150. The predicted octanol–water partition coefficient (Wildman–Crippen LogP) is 5.49. The number of likely N-dealkylation sites (N-methyl/N-ethyl adjacent to an activating group) is 1. The van der Waals surface area contributed by atoms with E-state index in [1.807, 2.05) is 26.0 Å². The summed E-state index contributed by atoms with van der Waals surface area (Å²) in [5, 5.41) is 2.96. The molecule has 3 aliphatic rings. The van der Waals surface area contributed by atoms with Crippen LogP contribution in [0.4, 0.5) is 0 Å². The number of fused-ring (bicyclic) bond motifs is 2. The van der Waals surface area contributed by atoms with E-state index in [2.05, 4.69) is 59.7 Å². The molecule has 2 bridgehead atoms. The van der Waals surface area contributed by atoms with E-state index in [0.29, 0.717) is 42.0 Å². The van der Waals surface area contributed by atoms with Crippen molar-refractivity contribution in [1.29, 1.82) is 0 Å². The van der Waals surface area contributed by atoms with E-state index in [4.69, 9.17) is 14.7 Å². The average molecular weight is 530 g/mol. The molecule has 3 heterocycles. The molecule has 1 fully saturated rings. The largest absolute Gasteiger partial charge is 0.381 e. The number of carbonyl (C=O) groups is 1. The minimum Gasteiger partial charge on any atom is -0.381 e. The Morgan fingerprint density at radius 3 is 2.90 bits per heavy atom. The number of carbonyl (C=O) groups excluding carboxylic acids is 1. The van der Waals surface area contributed by atoms with Crippen LogP contribution in [0.3, 0.4) is 0 Å². The molecule has 1 aliphatic carbocycles. The zero-order valence-electron chi connectivity index (χ0n) is 23.7. The molecule has 1 saturated heterocycles. The molecule has 0 spiro atoms. The fraction of sp³-hybridized carbons (Fsp3) is 0.438. The quantitative estimate of drug-likeness (QED) is 0.261. The number of allylic oxidation sites excluding steroid dienone is 6. The Kier molecular flexibility index (Phi) is 12.1. The van der Waals surface area contributed by atoms with Crippen molar-refractivity contribution in [3.05, 3.63) is 90.3 Å². The molecule has 7 nitrogen and oxygen atoms in total. The number of aliphatic imine (C=N–C) groups is 2. The minimum atomic E-state index is -0.155. The molecule has 39 heavy (non-hydrogen) atoms. The third-order valence-electron chi connectivity index (χ3n) is 6.71. The summed E-state index contributed by atoms with van der Waals surface area (Å²) in [5.41, 5.74) is 3.63. The zero-order chi connectivity index (χ0) is 28.0. The molecule has 2 aliphatic heterocycles. The lowest BCUT2D eigenvalue weighted by Crippen LogP contribution is -2.37. The number of hydrogen-bond acceptors (Lipinski definition) is 6. The van der Waals surface area contributed by atoms with Gasteiger partial charge in [-0.1, -0.05) is 48.6 Å². The summed E-state index contributed by atoms with van der Waals surface area (Å²) in [6.45, 7) is 14.7. The number of amides is 1. The van der Waals surface area contributed by atoms with Crippen molar-refractivity contribution >= 4 is 17.6 Å². The third kappa shape index (κ3) is 9.91. The first-order valence-corrected chi connectivity index (χ1v) is 13.8. The number of amidine groups is 2. The van der Waals surface area contributed by atoms with Gasteiger partial charge in [0.2, 0.25) is 0 Å². The molecule has 1 aromatic rings. The highest BCUT2D eigenvalue weighted by Gasteiger charge is 2.25. The number of hydrogen-bond donors (Lipinski definition) is 1. The van der Waals surface area contributed by atoms with Crippen molar-refractivity contribution in [1.82, 2.24) is 15.2 Å². The normalized spacial score (nSPS) is 20.0. The van der Waals surface area contributed by atoms with Crippen molar-refractivity contribution in [3.8, 4) is 0 Å². The predicted molar refractivity (Wildman–Crippen MR) is 161 cm³/mol. The van der Waals surface area contributed by atoms with Crippen LogP contribution in [0, 0.1) is 18.8 Å². The van der Waals surface area contributed by atoms with Crippen molar-refractivity contribution in [3.63, 3.8) is 0 Å². The lowest BCUT2D eigenvalue weighted by molar-refractivity contribution is 0.0958. The van der Waals surface area contributed by atoms with E-state index in [-0.39, 0.29) is 5.91 Å². The number of ether oxygens (including phenoxy) is 1. The summed E-state index contributed by atoms with van der Waals surface area (Å²) < 4.78 is 5.54. The Hall–Kier alpha value is -3.58. The van der Waals surface area contributed by atoms with Gasteiger partial charge in [0.15, 0.2) is 0 Å². The van der Waals surface area contributed by atoms with Gasteiger partial charge in [0.05, 0.1) is 18.7 Å². The van der Waals surface area contributed by atoms with E-state index < -0.39 is 0 Å². The maximum atomic E-state index is 12.6. The highest BCUT2D eigenvalue weighted by molar-refractivity contribution is 6.08. The van der Waals surface area contributed by atoms with Crippen LogP contribution in [0.1, 0.15) is 48.7 Å². The van der Waals surface area contributed by atoms with Gasteiger partial charge in [-0.25, -0.2) is 4.99 Å². The smallest absolute Gasteiger partial charge is 0.253 e. The molecule has 0 saturated carbocycles. The standard InChI is InChI=1S/C23H29N5O2.C9H14/c1-16-20(7-4-9-24-16)23(29)26-13-21-25-12-17-5-3-6-19(11-17)22(27-21)28(2)14-18-8-10-30-15-18;1-4-5-6-7-8-9(2)3/h3-7,9,17-18H,8,10-15H2,1-2H3,(H,26,29);4,7-8H,1-2,5-6H2,3H3/b;8-7-. The molecule has 1 N–H and O–H groups in total. The third-order valence-corrected chi connectivity index (χ3v) is 6.71. The monoisotopic (exact) mass is 529 g/mol. The maximum Gasteiger partial charge on any atom is 0.253 e. The van der Waals surface area contributed by atoms with Gasteiger partial charge >= 0.3 is 0 Å². The van der Waals surface area contributed by atoms with Crippen LogP contribution < -0.4 is 5.32 Å². The molecular weight excluding hydrogens is 486 g/mol. The van der Waals surface area contributed by atoms with E-state index in [9.17, 15) is 4.79 Å². The van der Waals surface area contributed by atoms with Gasteiger partial charge < -0.3 is 15.0 Å². The van der Waals surface area contributed by atoms with Crippen molar-refractivity contribution in [2.45, 2.75) is 39.5 Å². The van der Waals surface area contributed by atoms with Crippen LogP contribution in [0.15, 0.2) is 89.1 Å². The lowest BCUT2D eigenvalue weighted by Gasteiger charge is -2.29. The van der Waals surface area contributed by atoms with Gasteiger partial charge in [0, 0.05) is 50.5 Å². The van der Waals surface area contributed by atoms with Gasteiger partial charge in [0.1, 0.15) is 11.7 Å². The van der Waals surface area contributed by atoms with Gasteiger partial charge in [0.25, 0.3) is 5.91 Å². The summed E-state index contributed by atoms with van der Waals surface area (Å²) in [6.07, 6.45) is 18.4. The van der Waals surface area contributed by atoms with Gasteiger partial charge in [-0.15, -0.1) is 6.58 Å². The molecule has 0 aromatic carbocycles. The second-order valence-electron chi connectivity index (χ2n) is 10.3. The number of unbranched alkanes of at least 4 members (excludes halogenated alkanes) is 1. The van der Waals surface area contributed by atoms with Crippen molar-refractivity contribution in [2.24, 2.45) is 21.8 Å². The highest BCUT2D eigenvalue weighted by atomic mass is 16.5. The van der Waals surface area contributed by atoms with Crippen LogP contribution >= 0.6 is 0 Å². The maximum absolute atomic E-state index is 12.6. The Morgan fingerprint density at radius 1 is 1.33 bits per heavy atom. The first kappa shape index (κ1) is 30.0. The number of nitrogens with one attached hydrogen (secondary N) is 1. The fourth-order valence-electron chi connectivity index (χ4n) is 4.60. The Labute approximate surface area is 233 Å². The Morgan fingerprint density at radius 2 is 2.18 bits per heavy atom. The van der Waals surface area contributed by atoms with Crippen molar-refractivity contribution in [2.75, 3.05) is 39.9 Å². The van der Waals surface area contributed by atoms with E-state index in [0.717, 1.165) is 56.9 Å². The molecule has 7 heteroatoms. The SMILES string of the molecule is C=CCC/C=C\C(=C)C.Cc1ncccc1C(=O)NCC1=NCC2C=CC=C(C2)C(N(C)CC2CCOC2)=N1. The van der Waals surface area contributed by atoms with Crippen LogP contribution in [-0.4, -0.2) is 67.4 Å². The molecule has 2 unspecified atom stereocenters. The van der Waals surface area contributed by atoms with Crippen LogP contribution in [0.5, 0.6) is 0 Å². The number of rotatable bonds is 9. The molecule has 4 rings (SSSR count). The van der Waals surface area contributed by atoms with Crippen LogP contribution in [0.25, 0.3) is 0 Å². The average Bonchev–Trinajstić information content (AvgIpc) is 3.43. The first-order valence-electron chi connectivity index (χ1n) is 13.8. The molecule has 1 aromatic heterocycles. The second-order valence-corrected chi connectivity index (χ2v) is 10.3. The fourth-order valence-corrected chi connectivity index (χ4v) is 4.60. The van der Waals surface area contributed by atoms with Gasteiger partial charge in [-0.3, -0.25) is 14.8 Å². The van der Waals surface area contributed by atoms with E-state index >= 15 is 0 Å².